The van der Waals surface area contributed by atoms with Crippen LogP contribution in [-0.2, 0) is 14.3 Å². The number of esters is 1. The lowest BCUT2D eigenvalue weighted by Crippen LogP contribution is -2.33. The Morgan fingerprint density at radius 2 is 2.13 bits per heavy atom. The number of carbonyl (C=O) groups is 1. The van der Waals surface area contributed by atoms with Gasteiger partial charge in [-0.05, 0) is 12.8 Å². The molecule has 84 valence electrons. The Labute approximate surface area is 87.0 Å². The second-order valence-corrected chi connectivity index (χ2v) is 4.80. The average Bonchev–Trinajstić information content (AvgIpc) is 3.04. The van der Waals surface area contributed by atoms with Gasteiger partial charge < -0.3 is 19.7 Å². The van der Waals surface area contributed by atoms with E-state index >= 15 is 0 Å². The number of rotatable bonds is 2. The Balaban J connectivity index is 1.74. The van der Waals surface area contributed by atoms with E-state index in [1.807, 2.05) is 0 Å². The lowest BCUT2D eigenvalue weighted by Gasteiger charge is -2.17. The van der Waals surface area contributed by atoms with Crippen molar-refractivity contribution in [3.8, 4) is 0 Å². The highest BCUT2D eigenvalue weighted by molar-refractivity contribution is 5.70. The molecule has 3 aliphatic rings. The van der Waals surface area contributed by atoms with Gasteiger partial charge >= 0.3 is 5.97 Å². The van der Waals surface area contributed by atoms with Crippen molar-refractivity contribution in [1.82, 2.24) is 0 Å². The van der Waals surface area contributed by atoms with Gasteiger partial charge in [-0.1, -0.05) is 0 Å². The van der Waals surface area contributed by atoms with E-state index in [4.69, 9.17) is 14.6 Å². The number of carbonyl (C=O) groups excluding carboxylic acids is 1. The van der Waals surface area contributed by atoms with Crippen LogP contribution in [0.25, 0.3) is 0 Å². The molecule has 3 rings (SSSR count). The summed E-state index contributed by atoms with van der Waals surface area (Å²) in [7, 11) is 0. The first-order valence-corrected chi connectivity index (χ1v) is 5.29. The summed E-state index contributed by atoms with van der Waals surface area (Å²) in [5, 5.41) is 18.2. The Bertz CT molecular complexity index is 311. The van der Waals surface area contributed by atoms with Gasteiger partial charge in [-0.15, -0.1) is 0 Å². The van der Waals surface area contributed by atoms with E-state index in [0.717, 1.165) is 12.8 Å². The van der Waals surface area contributed by atoms with Crippen molar-refractivity contribution in [1.29, 1.82) is 0 Å². The van der Waals surface area contributed by atoms with Gasteiger partial charge in [0.2, 0.25) is 0 Å². The van der Waals surface area contributed by atoms with Crippen molar-refractivity contribution in [3.63, 3.8) is 0 Å². The minimum Gasteiger partial charge on any atom is -0.457 e. The molecule has 0 aromatic rings. The summed E-state index contributed by atoms with van der Waals surface area (Å²) in [6, 6.07) is 0. The van der Waals surface area contributed by atoms with Gasteiger partial charge in [-0.25, -0.2) is 4.79 Å². The largest absolute Gasteiger partial charge is 0.457 e. The zero-order valence-electron chi connectivity index (χ0n) is 8.31. The molecule has 0 aromatic heterocycles. The van der Waals surface area contributed by atoms with E-state index in [0.29, 0.717) is 12.8 Å². The number of aliphatic hydroxyl groups excluding tert-OH is 2. The third-order valence-corrected chi connectivity index (χ3v) is 3.64. The fourth-order valence-corrected chi connectivity index (χ4v) is 2.50. The first kappa shape index (κ1) is 9.57. The summed E-state index contributed by atoms with van der Waals surface area (Å²) in [6.07, 6.45) is 2.26. The normalized spacial score (nSPS) is 44.7. The Hall–Kier alpha value is -0.650. The number of ether oxygens (including phenoxy) is 2. The van der Waals surface area contributed by atoms with Gasteiger partial charge in [0.15, 0.2) is 0 Å². The quantitative estimate of drug-likeness (QED) is 0.597. The summed E-state index contributed by atoms with van der Waals surface area (Å²) < 4.78 is 10.9. The molecule has 0 radical (unpaired) electrons. The minimum absolute atomic E-state index is 0.141. The molecule has 0 aromatic carbocycles. The summed E-state index contributed by atoms with van der Waals surface area (Å²) in [5.74, 6) is -0.639. The SMILES string of the molecule is O=C(CO)O[C@H]1CC2(CC2)O[C@@]12CC2O. The van der Waals surface area contributed by atoms with Gasteiger partial charge in [0.1, 0.15) is 18.3 Å². The standard InChI is InChI=1S/C10H14O5/c11-5-8(13)14-7-4-9(1-2-9)15-10(7)3-6(10)12/h6-7,11-12H,1-5H2/t6?,7-,10+/m0/s1. The van der Waals surface area contributed by atoms with Crippen LogP contribution in [0, 0.1) is 0 Å². The van der Waals surface area contributed by atoms with Gasteiger partial charge in [0, 0.05) is 12.8 Å². The van der Waals surface area contributed by atoms with Crippen LogP contribution in [0.2, 0.25) is 0 Å². The molecular weight excluding hydrogens is 200 g/mol. The fraction of sp³-hybridized carbons (Fsp3) is 0.900. The predicted molar refractivity (Wildman–Crippen MR) is 48.0 cm³/mol. The van der Waals surface area contributed by atoms with E-state index < -0.39 is 24.3 Å². The van der Waals surface area contributed by atoms with Crippen LogP contribution in [0.15, 0.2) is 0 Å². The van der Waals surface area contributed by atoms with Crippen LogP contribution in [0.4, 0.5) is 0 Å². The van der Waals surface area contributed by atoms with Gasteiger partial charge in [0.25, 0.3) is 0 Å². The monoisotopic (exact) mass is 214 g/mol. The number of hydrogen-bond acceptors (Lipinski definition) is 5. The molecule has 1 unspecified atom stereocenters. The molecule has 5 heteroatoms. The molecule has 2 saturated carbocycles. The molecule has 15 heavy (non-hydrogen) atoms. The van der Waals surface area contributed by atoms with Crippen LogP contribution in [0.3, 0.4) is 0 Å². The maximum absolute atomic E-state index is 11.0. The molecule has 2 N–H and O–H groups in total. The molecule has 1 heterocycles. The Kier molecular flexibility index (Phi) is 1.74. The molecule has 1 aliphatic heterocycles. The van der Waals surface area contributed by atoms with Crippen molar-refractivity contribution in [2.45, 2.75) is 49.1 Å². The molecule has 1 saturated heterocycles. The highest BCUT2D eigenvalue weighted by Gasteiger charge is 2.73. The summed E-state index contributed by atoms with van der Waals surface area (Å²) in [6.45, 7) is -0.615. The van der Waals surface area contributed by atoms with Crippen LogP contribution in [0.1, 0.15) is 25.7 Å². The molecule has 0 bridgehead atoms. The first-order chi connectivity index (χ1) is 7.10. The van der Waals surface area contributed by atoms with Crippen molar-refractivity contribution in [2.24, 2.45) is 0 Å². The van der Waals surface area contributed by atoms with Crippen LogP contribution < -0.4 is 0 Å². The van der Waals surface area contributed by atoms with Crippen molar-refractivity contribution < 1.29 is 24.5 Å². The highest BCUT2D eigenvalue weighted by Crippen LogP contribution is 2.62. The zero-order valence-corrected chi connectivity index (χ0v) is 8.31. The smallest absolute Gasteiger partial charge is 0.332 e. The Morgan fingerprint density at radius 1 is 1.47 bits per heavy atom. The van der Waals surface area contributed by atoms with Gasteiger partial charge in [-0.2, -0.15) is 0 Å². The summed E-state index contributed by atoms with van der Waals surface area (Å²) in [5.41, 5.74) is -0.792. The molecule has 0 amide bonds. The zero-order chi connectivity index (χ0) is 10.7. The third-order valence-electron chi connectivity index (χ3n) is 3.64. The molecule has 2 aliphatic carbocycles. The van der Waals surface area contributed by atoms with E-state index in [9.17, 15) is 9.90 Å². The maximum atomic E-state index is 11.0. The molecule has 2 spiro atoms. The molecular formula is C10H14O5. The second-order valence-electron chi connectivity index (χ2n) is 4.80. The Morgan fingerprint density at radius 3 is 2.60 bits per heavy atom. The maximum Gasteiger partial charge on any atom is 0.332 e. The first-order valence-electron chi connectivity index (χ1n) is 5.29. The van der Waals surface area contributed by atoms with Crippen LogP contribution >= 0.6 is 0 Å². The van der Waals surface area contributed by atoms with Gasteiger partial charge in [-0.3, -0.25) is 0 Å². The molecule has 3 fully saturated rings. The number of hydrogen-bond donors (Lipinski definition) is 2. The lowest BCUT2D eigenvalue weighted by atomic mass is 10.1. The van der Waals surface area contributed by atoms with E-state index in [1.165, 1.54) is 0 Å². The van der Waals surface area contributed by atoms with Crippen LogP contribution in [-0.4, -0.2) is 46.2 Å². The molecule has 5 nitrogen and oxygen atoms in total. The predicted octanol–water partition coefficient (Wildman–Crippen LogP) is -0.653. The van der Waals surface area contributed by atoms with E-state index in [-0.39, 0.29) is 11.7 Å². The third kappa shape index (κ3) is 1.30. The minimum atomic E-state index is -0.651. The summed E-state index contributed by atoms with van der Waals surface area (Å²) >= 11 is 0. The van der Waals surface area contributed by atoms with Crippen molar-refractivity contribution >= 4 is 5.97 Å². The van der Waals surface area contributed by atoms with E-state index in [1.54, 1.807) is 0 Å². The number of aliphatic hydroxyl groups is 2. The second kappa shape index (κ2) is 2.72. The van der Waals surface area contributed by atoms with E-state index in [2.05, 4.69) is 0 Å². The topological polar surface area (TPSA) is 76.0 Å². The lowest BCUT2D eigenvalue weighted by molar-refractivity contribution is -0.157. The summed E-state index contributed by atoms with van der Waals surface area (Å²) in [4.78, 5) is 11.0. The van der Waals surface area contributed by atoms with Crippen molar-refractivity contribution in [3.05, 3.63) is 0 Å². The molecule has 3 atom stereocenters. The average molecular weight is 214 g/mol. The van der Waals surface area contributed by atoms with Crippen molar-refractivity contribution in [2.75, 3.05) is 6.61 Å². The van der Waals surface area contributed by atoms with Gasteiger partial charge in [0.05, 0.1) is 11.7 Å². The van der Waals surface area contributed by atoms with Crippen LogP contribution in [0.5, 0.6) is 0 Å². The highest BCUT2D eigenvalue weighted by atomic mass is 16.6. The fourth-order valence-electron chi connectivity index (χ4n) is 2.50.